The maximum Gasteiger partial charge on any atom is 0.0111 e. The van der Waals surface area contributed by atoms with Crippen LogP contribution >= 0.6 is 0 Å². The summed E-state index contributed by atoms with van der Waals surface area (Å²) in [5.74, 6) is 0.839. The van der Waals surface area contributed by atoms with Gasteiger partial charge in [0.2, 0.25) is 0 Å². The zero-order valence-corrected chi connectivity index (χ0v) is 10.3. The molecule has 0 aromatic carbocycles. The van der Waals surface area contributed by atoms with Gasteiger partial charge in [-0.1, -0.05) is 20.3 Å². The molecule has 3 unspecified atom stereocenters. The fraction of sp³-hybridized carbons (Fsp3) is 1.00. The second-order valence-electron chi connectivity index (χ2n) is 5.47. The van der Waals surface area contributed by atoms with Crippen LogP contribution < -0.4 is 5.32 Å². The lowest BCUT2D eigenvalue weighted by Crippen LogP contribution is -2.46. The van der Waals surface area contributed by atoms with Crippen LogP contribution in [0.1, 0.15) is 46.0 Å². The molecule has 2 heteroatoms. The van der Waals surface area contributed by atoms with Gasteiger partial charge in [-0.25, -0.2) is 0 Å². The molecule has 88 valence electrons. The van der Waals surface area contributed by atoms with Crippen molar-refractivity contribution in [3.8, 4) is 0 Å². The van der Waals surface area contributed by atoms with E-state index in [4.69, 9.17) is 0 Å². The largest absolute Gasteiger partial charge is 0.314 e. The Morgan fingerprint density at radius 1 is 1.33 bits per heavy atom. The summed E-state index contributed by atoms with van der Waals surface area (Å²) in [4.78, 5) is 2.70. The second kappa shape index (κ2) is 5.31. The molecule has 1 N–H and O–H groups in total. The predicted octanol–water partition coefficient (Wildman–Crippen LogP) is 2.25. The van der Waals surface area contributed by atoms with Gasteiger partial charge in [-0.05, 0) is 51.2 Å². The van der Waals surface area contributed by atoms with Crippen LogP contribution in [0.2, 0.25) is 0 Å². The Balaban J connectivity index is 1.71. The minimum atomic E-state index is 0.804. The van der Waals surface area contributed by atoms with E-state index in [1.165, 1.54) is 51.7 Å². The molecule has 2 saturated heterocycles. The highest BCUT2D eigenvalue weighted by Gasteiger charge is 2.31. The third kappa shape index (κ3) is 2.94. The van der Waals surface area contributed by atoms with E-state index < -0.39 is 0 Å². The summed E-state index contributed by atoms with van der Waals surface area (Å²) in [6.07, 6.45) is 6.95. The summed E-state index contributed by atoms with van der Waals surface area (Å²) in [6, 6.07) is 1.71. The van der Waals surface area contributed by atoms with E-state index in [2.05, 4.69) is 24.1 Å². The minimum Gasteiger partial charge on any atom is -0.314 e. The quantitative estimate of drug-likeness (QED) is 0.765. The van der Waals surface area contributed by atoms with Crippen LogP contribution in [0.3, 0.4) is 0 Å². The molecule has 2 rings (SSSR count). The van der Waals surface area contributed by atoms with E-state index in [-0.39, 0.29) is 0 Å². The first kappa shape index (κ1) is 11.4. The maximum absolute atomic E-state index is 3.76. The molecule has 0 amide bonds. The normalized spacial score (nSPS) is 34.0. The van der Waals surface area contributed by atoms with Gasteiger partial charge in [-0.15, -0.1) is 0 Å². The number of hydrogen-bond donors (Lipinski definition) is 1. The number of hydrogen-bond acceptors (Lipinski definition) is 2. The molecule has 0 aromatic rings. The van der Waals surface area contributed by atoms with Crippen molar-refractivity contribution in [2.45, 2.75) is 58.0 Å². The molecule has 0 aromatic heterocycles. The van der Waals surface area contributed by atoms with E-state index in [1.54, 1.807) is 0 Å². The molecule has 0 aliphatic carbocycles. The van der Waals surface area contributed by atoms with Crippen LogP contribution in [0.4, 0.5) is 0 Å². The van der Waals surface area contributed by atoms with Gasteiger partial charge in [0.1, 0.15) is 0 Å². The van der Waals surface area contributed by atoms with Crippen LogP contribution in [0.5, 0.6) is 0 Å². The summed E-state index contributed by atoms with van der Waals surface area (Å²) < 4.78 is 0. The van der Waals surface area contributed by atoms with Crippen molar-refractivity contribution < 1.29 is 0 Å². The molecule has 0 bridgehead atoms. The van der Waals surface area contributed by atoms with Crippen LogP contribution in [0.25, 0.3) is 0 Å². The first-order valence-corrected chi connectivity index (χ1v) is 6.77. The summed E-state index contributed by atoms with van der Waals surface area (Å²) in [5.41, 5.74) is 0. The Hall–Kier alpha value is -0.0800. The van der Waals surface area contributed by atoms with Crippen molar-refractivity contribution in [2.24, 2.45) is 5.92 Å². The average Bonchev–Trinajstić information content (AvgIpc) is 2.72. The van der Waals surface area contributed by atoms with E-state index in [0.717, 1.165) is 18.0 Å². The molecule has 3 atom stereocenters. The van der Waals surface area contributed by atoms with Gasteiger partial charge >= 0.3 is 0 Å². The Morgan fingerprint density at radius 3 is 3.00 bits per heavy atom. The predicted molar refractivity (Wildman–Crippen MR) is 65.1 cm³/mol. The van der Waals surface area contributed by atoms with Crippen molar-refractivity contribution in [2.75, 3.05) is 19.6 Å². The lowest BCUT2D eigenvalue weighted by atomic mass is 9.97. The van der Waals surface area contributed by atoms with Gasteiger partial charge in [0.15, 0.2) is 0 Å². The summed E-state index contributed by atoms with van der Waals surface area (Å²) in [6.45, 7) is 8.54. The Bertz CT molecular complexity index is 193. The van der Waals surface area contributed by atoms with Crippen LogP contribution in [-0.2, 0) is 0 Å². The monoisotopic (exact) mass is 210 g/mol. The summed E-state index contributed by atoms with van der Waals surface area (Å²) in [7, 11) is 0. The highest BCUT2D eigenvalue weighted by molar-refractivity contribution is 4.89. The number of fused-ring (bicyclic) bond motifs is 1. The van der Waals surface area contributed by atoms with Crippen LogP contribution in [-0.4, -0.2) is 36.6 Å². The van der Waals surface area contributed by atoms with Crippen LogP contribution in [0.15, 0.2) is 0 Å². The first-order valence-electron chi connectivity index (χ1n) is 6.77. The fourth-order valence-corrected chi connectivity index (χ4v) is 2.92. The highest BCUT2D eigenvalue weighted by Crippen LogP contribution is 2.26. The zero-order valence-electron chi connectivity index (χ0n) is 10.3. The van der Waals surface area contributed by atoms with E-state index in [9.17, 15) is 0 Å². The molecule has 2 aliphatic rings. The molecule has 2 heterocycles. The molecule has 2 fully saturated rings. The smallest absolute Gasteiger partial charge is 0.0111 e. The zero-order chi connectivity index (χ0) is 10.7. The third-order valence-electron chi connectivity index (χ3n) is 4.27. The number of piperidine rings is 1. The number of nitrogens with zero attached hydrogens (tertiary/aromatic N) is 1. The average molecular weight is 210 g/mol. The minimum absolute atomic E-state index is 0.804. The molecule has 0 radical (unpaired) electrons. The van der Waals surface area contributed by atoms with Crippen LogP contribution in [0, 0.1) is 5.92 Å². The Kier molecular flexibility index (Phi) is 4.04. The molecule has 15 heavy (non-hydrogen) atoms. The molecular weight excluding hydrogens is 184 g/mol. The van der Waals surface area contributed by atoms with Crippen molar-refractivity contribution >= 4 is 0 Å². The molecule has 2 aliphatic heterocycles. The van der Waals surface area contributed by atoms with Crippen molar-refractivity contribution in [3.63, 3.8) is 0 Å². The van der Waals surface area contributed by atoms with Gasteiger partial charge < -0.3 is 10.2 Å². The first-order chi connectivity index (χ1) is 7.29. The van der Waals surface area contributed by atoms with Crippen molar-refractivity contribution in [1.29, 1.82) is 0 Å². The SMILES string of the molecule is CCC(C)CNC1CCN2CCCC2C1. The van der Waals surface area contributed by atoms with Crippen molar-refractivity contribution in [1.82, 2.24) is 10.2 Å². The third-order valence-corrected chi connectivity index (χ3v) is 4.27. The van der Waals surface area contributed by atoms with Crippen molar-refractivity contribution in [3.05, 3.63) is 0 Å². The second-order valence-corrected chi connectivity index (χ2v) is 5.47. The Morgan fingerprint density at radius 2 is 2.20 bits per heavy atom. The van der Waals surface area contributed by atoms with E-state index >= 15 is 0 Å². The van der Waals surface area contributed by atoms with Gasteiger partial charge in [-0.3, -0.25) is 0 Å². The standard InChI is InChI=1S/C13H26N2/c1-3-11(2)10-14-12-6-8-15-7-4-5-13(15)9-12/h11-14H,3-10H2,1-2H3. The highest BCUT2D eigenvalue weighted by atomic mass is 15.2. The lowest BCUT2D eigenvalue weighted by molar-refractivity contribution is 0.165. The number of nitrogens with one attached hydrogen (secondary N) is 1. The molecule has 0 spiro atoms. The van der Waals surface area contributed by atoms with Gasteiger partial charge in [0.25, 0.3) is 0 Å². The number of rotatable bonds is 4. The summed E-state index contributed by atoms with van der Waals surface area (Å²) in [5, 5.41) is 3.76. The van der Waals surface area contributed by atoms with E-state index in [0.29, 0.717) is 0 Å². The van der Waals surface area contributed by atoms with Gasteiger partial charge in [-0.2, -0.15) is 0 Å². The van der Waals surface area contributed by atoms with Gasteiger partial charge in [0, 0.05) is 12.1 Å². The Labute approximate surface area is 94.4 Å². The van der Waals surface area contributed by atoms with Gasteiger partial charge in [0.05, 0.1) is 0 Å². The molecule has 0 saturated carbocycles. The van der Waals surface area contributed by atoms with E-state index in [1.807, 2.05) is 0 Å². The molecular formula is C13H26N2. The topological polar surface area (TPSA) is 15.3 Å². The fourth-order valence-electron chi connectivity index (χ4n) is 2.92. The molecule has 2 nitrogen and oxygen atoms in total. The maximum atomic E-state index is 3.76. The summed E-state index contributed by atoms with van der Waals surface area (Å²) >= 11 is 0. The lowest BCUT2D eigenvalue weighted by Gasteiger charge is -2.35.